The molecule has 8 nitrogen and oxygen atoms in total. The normalized spacial score (nSPS) is 26.5. The van der Waals surface area contributed by atoms with Crippen LogP contribution in [0.1, 0.15) is 21.5 Å². The first-order valence-electron chi connectivity index (χ1n) is 11.6. The van der Waals surface area contributed by atoms with Gasteiger partial charge < -0.3 is 28.4 Å². The zero-order valence-corrected chi connectivity index (χ0v) is 19.6. The molecule has 2 saturated heterocycles. The summed E-state index contributed by atoms with van der Waals surface area (Å²) in [7, 11) is 1.24. The van der Waals surface area contributed by atoms with Gasteiger partial charge in [0.1, 0.15) is 6.10 Å². The van der Waals surface area contributed by atoms with Crippen LogP contribution in [0.25, 0.3) is 0 Å². The lowest BCUT2D eigenvalue weighted by molar-refractivity contribution is -0.285. The lowest BCUT2D eigenvalue weighted by Crippen LogP contribution is -2.57. The Morgan fingerprint density at radius 1 is 0.750 bits per heavy atom. The molecule has 2 fully saturated rings. The predicted octanol–water partition coefficient (Wildman–Crippen LogP) is 3.64. The summed E-state index contributed by atoms with van der Waals surface area (Å²) in [6.07, 6.45) is -3.86. The molecule has 0 aliphatic carbocycles. The van der Waals surface area contributed by atoms with E-state index in [4.69, 9.17) is 28.4 Å². The fraction of sp³-hybridized carbons (Fsp3) is 0.286. The average molecular weight is 491 g/mol. The van der Waals surface area contributed by atoms with Crippen molar-refractivity contribution in [3.63, 3.8) is 0 Å². The largest absolute Gasteiger partial charge is 0.465 e. The van der Waals surface area contributed by atoms with E-state index < -0.39 is 42.3 Å². The van der Waals surface area contributed by atoms with E-state index in [0.29, 0.717) is 5.56 Å². The Balaban J connectivity index is 1.42. The summed E-state index contributed by atoms with van der Waals surface area (Å²) in [6, 6.07) is 27.6. The highest BCUT2D eigenvalue weighted by atomic mass is 16.9. The standard InChI is InChI=1S/C28H26O8/c1-31-27(30)28-24(35-28)22(34-25(29)21-15-9-4-10-16-21)23(32-17-19-11-5-2-6-12-19)26(36-28)33-18-20-13-7-3-8-14-20/h2-16,22-24,26H,17-18H2,1H3/t22-,23-,24+,26-,28+/m1/s1. The Morgan fingerprint density at radius 3 is 1.89 bits per heavy atom. The molecule has 3 aromatic carbocycles. The maximum absolute atomic E-state index is 13.0. The fourth-order valence-electron chi connectivity index (χ4n) is 4.17. The molecule has 2 aliphatic heterocycles. The maximum atomic E-state index is 13.0. The number of benzene rings is 3. The van der Waals surface area contributed by atoms with Gasteiger partial charge in [-0.25, -0.2) is 9.59 Å². The van der Waals surface area contributed by atoms with Gasteiger partial charge in [0.25, 0.3) is 0 Å². The second-order valence-corrected chi connectivity index (χ2v) is 8.48. The van der Waals surface area contributed by atoms with Crippen LogP contribution in [0, 0.1) is 0 Å². The number of hydrogen-bond donors (Lipinski definition) is 0. The highest BCUT2D eigenvalue weighted by Gasteiger charge is 2.76. The zero-order chi connectivity index (χ0) is 25.0. The van der Waals surface area contributed by atoms with Crippen LogP contribution in [-0.2, 0) is 46.4 Å². The Labute approximate surface area is 208 Å². The Hall–Kier alpha value is -3.56. The number of carbonyl (C=O) groups excluding carboxylic acids is 2. The molecule has 3 aromatic rings. The molecule has 5 atom stereocenters. The molecule has 2 heterocycles. The third kappa shape index (κ3) is 5.03. The van der Waals surface area contributed by atoms with Crippen molar-refractivity contribution in [2.45, 2.75) is 43.6 Å². The van der Waals surface area contributed by atoms with Gasteiger partial charge in [0.2, 0.25) is 0 Å². The van der Waals surface area contributed by atoms with Crippen LogP contribution < -0.4 is 0 Å². The van der Waals surface area contributed by atoms with Crippen molar-refractivity contribution in [1.29, 1.82) is 0 Å². The van der Waals surface area contributed by atoms with Crippen molar-refractivity contribution >= 4 is 11.9 Å². The second-order valence-electron chi connectivity index (χ2n) is 8.48. The molecule has 0 amide bonds. The summed E-state index contributed by atoms with van der Waals surface area (Å²) >= 11 is 0. The first-order valence-corrected chi connectivity index (χ1v) is 11.6. The van der Waals surface area contributed by atoms with E-state index in [1.807, 2.05) is 60.7 Å². The zero-order valence-electron chi connectivity index (χ0n) is 19.6. The first kappa shape index (κ1) is 24.1. The van der Waals surface area contributed by atoms with Crippen LogP contribution in [0.5, 0.6) is 0 Å². The van der Waals surface area contributed by atoms with Gasteiger partial charge in [-0.15, -0.1) is 0 Å². The Bertz CT molecular complexity index is 1170. The Morgan fingerprint density at radius 2 is 1.31 bits per heavy atom. The number of hydrogen-bond acceptors (Lipinski definition) is 8. The highest BCUT2D eigenvalue weighted by molar-refractivity contribution is 5.89. The minimum absolute atomic E-state index is 0.179. The van der Waals surface area contributed by atoms with Crippen LogP contribution in [0.4, 0.5) is 0 Å². The second kappa shape index (κ2) is 10.6. The van der Waals surface area contributed by atoms with Gasteiger partial charge in [-0.1, -0.05) is 78.9 Å². The smallest absolute Gasteiger partial charge is 0.369 e. The molecule has 0 aromatic heterocycles. The number of carbonyl (C=O) groups is 2. The number of fused-ring (bicyclic) bond motifs is 1. The molecule has 0 spiro atoms. The predicted molar refractivity (Wildman–Crippen MR) is 126 cm³/mol. The lowest BCUT2D eigenvalue weighted by Gasteiger charge is -2.37. The van der Waals surface area contributed by atoms with E-state index in [2.05, 4.69) is 0 Å². The van der Waals surface area contributed by atoms with Gasteiger partial charge in [-0.05, 0) is 23.3 Å². The lowest BCUT2D eigenvalue weighted by atomic mass is 10.0. The number of ether oxygens (including phenoxy) is 6. The monoisotopic (exact) mass is 490 g/mol. The number of methoxy groups -OCH3 is 1. The van der Waals surface area contributed by atoms with Gasteiger partial charge in [0.15, 0.2) is 18.5 Å². The average Bonchev–Trinajstić information content (AvgIpc) is 3.68. The highest BCUT2D eigenvalue weighted by Crippen LogP contribution is 2.49. The number of epoxide rings is 1. The minimum Gasteiger partial charge on any atom is -0.465 e. The van der Waals surface area contributed by atoms with Crippen LogP contribution in [0.15, 0.2) is 91.0 Å². The van der Waals surface area contributed by atoms with Crippen molar-refractivity contribution in [2.24, 2.45) is 0 Å². The molecule has 0 unspecified atom stereocenters. The first-order chi connectivity index (χ1) is 17.6. The van der Waals surface area contributed by atoms with Gasteiger partial charge in [-0.2, -0.15) is 0 Å². The van der Waals surface area contributed by atoms with Crippen LogP contribution in [0.2, 0.25) is 0 Å². The summed E-state index contributed by atoms with van der Waals surface area (Å²) in [5.74, 6) is -3.04. The summed E-state index contributed by atoms with van der Waals surface area (Å²) in [4.78, 5) is 25.6. The van der Waals surface area contributed by atoms with Crippen molar-refractivity contribution in [3.8, 4) is 0 Å². The molecule has 2 aliphatic rings. The Kier molecular flexibility index (Phi) is 7.11. The van der Waals surface area contributed by atoms with Crippen molar-refractivity contribution in [1.82, 2.24) is 0 Å². The molecule has 0 N–H and O–H groups in total. The summed E-state index contributed by atoms with van der Waals surface area (Å²) in [5, 5.41) is 0. The molecule has 8 heteroatoms. The van der Waals surface area contributed by atoms with E-state index in [9.17, 15) is 9.59 Å². The van der Waals surface area contributed by atoms with E-state index in [1.54, 1.807) is 30.3 Å². The summed E-state index contributed by atoms with van der Waals surface area (Å²) in [5.41, 5.74) is 2.16. The summed E-state index contributed by atoms with van der Waals surface area (Å²) < 4.78 is 34.8. The fourth-order valence-corrected chi connectivity index (χ4v) is 4.17. The molecular weight excluding hydrogens is 464 g/mol. The van der Waals surface area contributed by atoms with Crippen LogP contribution in [0.3, 0.4) is 0 Å². The van der Waals surface area contributed by atoms with Crippen molar-refractivity contribution < 1.29 is 38.0 Å². The van der Waals surface area contributed by atoms with E-state index in [0.717, 1.165) is 11.1 Å². The van der Waals surface area contributed by atoms with E-state index >= 15 is 0 Å². The van der Waals surface area contributed by atoms with Crippen molar-refractivity contribution in [3.05, 3.63) is 108 Å². The number of esters is 2. The maximum Gasteiger partial charge on any atom is 0.369 e. The third-order valence-corrected chi connectivity index (χ3v) is 6.07. The molecular formula is C28H26O8. The quantitative estimate of drug-likeness (QED) is 0.332. The molecule has 0 saturated carbocycles. The molecule has 36 heavy (non-hydrogen) atoms. The minimum atomic E-state index is -1.73. The van der Waals surface area contributed by atoms with Crippen molar-refractivity contribution in [2.75, 3.05) is 7.11 Å². The van der Waals surface area contributed by atoms with Gasteiger partial charge in [0.05, 0.1) is 25.9 Å². The molecule has 0 bridgehead atoms. The van der Waals surface area contributed by atoms with Gasteiger partial charge >= 0.3 is 17.7 Å². The third-order valence-electron chi connectivity index (χ3n) is 6.07. The molecule has 5 rings (SSSR count). The van der Waals surface area contributed by atoms with E-state index in [-0.39, 0.29) is 13.2 Å². The molecule has 0 radical (unpaired) electrons. The van der Waals surface area contributed by atoms with Crippen LogP contribution >= 0.6 is 0 Å². The summed E-state index contributed by atoms with van der Waals surface area (Å²) in [6.45, 7) is 0.384. The topological polar surface area (TPSA) is 92.8 Å². The SMILES string of the molecule is COC(=O)[C@@]12O[C@@H](OCc3ccccc3)[C@H](OCc3ccccc3)[C@@H](OC(=O)c3ccccc3)[C@@H]1O2. The van der Waals surface area contributed by atoms with Gasteiger partial charge in [0, 0.05) is 0 Å². The number of rotatable bonds is 9. The van der Waals surface area contributed by atoms with Crippen LogP contribution in [-0.4, -0.2) is 49.4 Å². The molecule has 186 valence electrons. The van der Waals surface area contributed by atoms with Gasteiger partial charge in [-0.3, -0.25) is 0 Å². The van der Waals surface area contributed by atoms with E-state index in [1.165, 1.54) is 7.11 Å².